The van der Waals surface area contributed by atoms with Crippen molar-refractivity contribution in [3.63, 3.8) is 0 Å². The van der Waals surface area contributed by atoms with E-state index in [2.05, 4.69) is 20.3 Å². The first-order valence-corrected chi connectivity index (χ1v) is 13.9. The molecular formula is C21H24N6O8S3. The summed E-state index contributed by atoms with van der Waals surface area (Å²) in [7, 11) is 0. The minimum absolute atomic E-state index is 0.0196. The molecule has 0 radical (unpaired) electrons. The minimum atomic E-state index is -1.32. The van der Waals surface area contributed by atoms with E-state index in [1.54, 1.807) is 4.90 Å². The number of fused-ring (bicyclic) bond motifs is 1. The van der Waals surface area contributed by atoms with E-state index in [4.69, 9.17) is 10.8 Å². The number of likely N-dealkylation sites (N-methyl/N-ethyl adjacent to an activating group) is 1. The van der Waals surface area contributed by atoms with Gasteiger partial charge in [-0.25, -0.2) is 14.6 Å². The molecule has 3 rings (SSSR count). The number of aliphatic carboxylic acids is 2. The van der Waals surface area contributed by atoms with Crippen LogP contribution in [-0.2, 0) is 28.8 Å². The van der Waals surface area contributed by atoms with Crippen LogP contribution in [-0.4, -0.2) is 97.2 Å². The van der Waals surface area contributed by atoms with Crippen LogP contribution in [0.15, 0.2) is 32.6 Å². The van der Waals surface area contributed by atoms with Gasteiger partial charge in [-0.1, -0.05) is 16.9 Å². The predicted molar refractivity (Wildman–Crippen MR) is 141 cm³/mol. The van der Waals surface area contributed by atoms with Gasteiger partial charge in [-0.2, -0.15) is 0 Å². The van der Waals surface area contributed by atoms with Crippen LogP contribution in [0.2, 0.25) is 0 Å². The largest absolute Gasteiger partial charge is 0.479 e. The maximum absolute atomic E-state index is 12.9. The van der Waals surface area contributed by atoms with E-state index in [1.165, 1.54) is 28.6 Å². The van der Waals surface area contributed by atoms with E-state index in [1.807, 2.05) is 13.8 Å². The van der Waals surface area contributed by atoms with Crippen LogP contribution in [0.1, 0.15) is 19.5 Å². The van der Waals surface area contributed by atoms with Gasteiger partial charge in [-0.15, -0.1) is 23.1 Å². The van der Waals surface area contributed by atoms with Gasteiger partial charge in [0.05, 0.1) is 0 Å². The van der Waals surface area contributed by atoms with E-state index < -0.39 is 41.8 Å². The third-order valence-corrected chi connectivity index (χ3v) is 8.27. The summed E-state index contributed by atoms with van der Waals surface area (Å²) in [6.07, 6.45) is 1.35. The molecule has 14 nitrogen and oxygen atoms in total. The first kappa shape index (κ1) is 29.0. The van der Waals surface area contributed by atoms with Crippen molar-refractivity contribution in [2.75, 3.05) is 31.2 Å². The first-order chi connectivity index (χ1) is 18.1. The Hall–Kier alpha value is -3.57. The molecule has 1 aromatic rings. The summed E-state index contributed by atoms with van der Waals surface area (Å²) >= 11 is 3.29. The Morgan fingerprint density at radius 1 is 1.34 bits per heavy atom. The Morgan fingerprint density at radius 3 is 2.63 bits per heavy atom. The molecule has 2 aliphatic rings. The average molecular weight is 585 g/mol. The molecule has 1 fully saturated rings. The number of carbonyl (C=O) groups is 5. The molecule has 3 amide bonds. The number of nitrogens with zero attached hydrogens (tertiary/aromatic N) is 4. The summed E-state index contributed by atoms with van der Waals surface area (Å²) in [5.41, 5.74) is 5.02. The Kier molecular flexibility index (Phi) is 9.76. The van der Waals surface area contributed by atoms with Gasteiger partial charge < -0.3 is 31.0 Å². The molecule has 0 bridgehead atoms. The SMILES string of the molecule is CCN(CC)C(=O)/C=C\SC1=C(C(=O)O)N2C(=O)[C@@H](NC(=O)/C(=N\OCC(=O)O)c3csc(N)n3)[C@H]2SC1. The van der Waals surface area contributed by atoms with E-state index in [0.717, 1.165) is 28.0 Å². The Labute approximate surface area is 228 Å². The third kappa shape index (κ3) is 6.46. The van der Waals surface area contributed by atoms with Crippen molar-refractivity contribution in [3.8, 4) is 0 Å². The monoisotopic (exact) mass is 584 g/mol. The molecular weight excluding hydrogens is 560 g/mol. The number of amides is 3. The highest BCUT2D eigenvalue weighted by Gasteiger charge is 2.54. The maximum atomic E-state index is 12.9. The summed E-state index contributed by atoms with van der Waals surface area (Å²) in [6.45, 7) is 3.95. The van der Waals surface area contributed by atoms with Crippen molar-refractivity contribution in [2.24, 2.45) is 5.16 Å². The molecule has 0 saturated carbocycles. The first-order valence-electron chi connectivity index (χ1n) is 11.1. The highest BCUT2D eigenvalue weighted by molar-refractivity contribution is 8.08. The smallest absolute Gasteiger partial charge is 0.353 e. The second-order valence-electron chi connectivity index (χ2n) is 7.55. The van der Waals surface area contributed by atoms with E-state index >= 15 is 0 Å². The molecule has 0 unspecified atom stereocenters. The third-order valence-electron chi connectivity index (χ3n) is 5.24. The molecule has 0 spiro atoms. The van der Waals surface area contributed by atoms with Crippen molar-refractivity contribution in [1.29, 1.82) is 0 Å². The van der Waals surface area contributed by atoms with Gasteiger partial charge in [0.25, 0.3) is 11.8 Å². The molecule has 1 saturated heterocycles. The zero-order valence-corrected chi connectivity index (χ0v) is 22.6. The van der Waals surface area contributed by atoms with Gasteiger partial charge in [0, 0.05) is 35.2 Å². The standard InChI is InChI=1S/C21H24N6O8S3/c1-3-26(4-2)12(28)5-6-36-11-9-37-19-15(18(32)27(19)16(11)20(33)34)24-17(31)14(25-35-7-13(29)30)10-8-38-21(22)23-10/h5-6,8,15,19H,3-4,7,9H2,1-2H3,(H2,22,23)(H,24,31)(H,29,30)(H,33,34)/b6-5-,25-14-/t15-,19-/m1/s1. The number of rotatable bonds is 12. The normalized spacial score (nSPS) is 19.2. The van der Waals surface area contributed by atoms with Crippen molar-refractivity contribution in [1.82, 2.24) is 20.1 Å². The van der Waals surface area contributed by atoms with Crippen LogP contribution < -0.4 is 11.1 Å². The molecule has 38 heavy (non-hydrogen) atoms. The highest BCUT2D eigenvalue weighted by atomic mass is 32.2. The number of anilines is 1. The number of nitrogens with two attached hydrogens (primary N) is 1. The number of β-lactam (4-membered cyclic amide) rings is 1. The van der Waals surface area contributed by atoms with Crippen molar-refractivity contribution < 1.29 is 39.0 Å². The van der Waals surface area contributed by atoms with Gasteiger partial charge in [-0.3, -0.25) is 19.3 Å². The summed E-state index contributed by atoms with van der Waals surface area (Å²) in [6, 6.07) is -1.08. The van der Waals surface area contributed by atoms with Gasteiger partial charge >= 0.3 is 11.9 Å². The number of carboxylic acid groups (broad SMARTS) is 2. The predicted octanol–water partition coefficient (Wildman–Crippen LogP) is 0.342. The molecule has 3 heterocycles. The molecule has 0 aromatic carbocycles. The fourth-order valence-corrected chi connectivity index (χ4v) is 6.32. The second-order valence-corrected chi connectivity index (χ2v) is 10.5. The number of nitrogen functional groups attached to an aromatic ring is 1. The van der Waals surface area contributed by atoms with Crippen LogP contribution in [0.5, 0.6) is 0 Å². The van der Waals surface area contributed by atoms with E-state index in [-0.39, 0.29) is 33.9 Å². The zero-order valence-electron chi connectivity index (χ0n) is 20.2. The summed E-state index contributed by atoms with van der Waals surface area (Å²) in [5.74, 6) is -4.15. The summed E-state index contributed by atoms with van der Waals surface area (Å²) in [4.78, 5) is 72.5. The number of carbonyl (C=O) groups excluding carboxylic acids is 3. The lowest BCUT2D eigenvalue weighted by atomic mass is 10.0. The van der Waals surface area contributed by atoms with E-state index in [9.17, 15) is 29.1 Å². The van der Waals surface area contributed by atoms with Gasteiger partial charge in [0.1, 0.15) is 22.8 Å². The molecule has 204 valence electrons. The molecule has 0 aliphatic carbocycles. The average Bonchev–Trinajstić information content (AvgIpc) is 3.30. The molecule has 17 heteroatoms. The quantitative estimate of drug-likeness (QED) is 0.114. The summed E-state index contributed by atoms with van der Waals surface area (Å²) in [5, 5.41) is 26.9. The number of hydrogen-bond donors (Lipinski definition) is 4. The Bertz CT molecular complexity index is 1230. The topological polar surface area (TPSA) is 205 Å². The van der Waals surface area contributed by atoms with Gasteiger partial charge in [0.2, 0.25) is 12.5 Å². The van der Waals surface area contributed by atoms with Gasteiger partial charge in [0.15, 0.2) is 10.8 Å². The van der Waals surface area contributed by atoms with Crippen LogP contribution in [0.3, 0.4) is 0 Å². The zero-order chi connectivity index (χ0) is 28.0. The fourth-order valence-electron chi connectivity index (χ4n) is 3.46. The number of carboxylic acids is 2. The number of nitrogens with one attached hydrogen (secondary N) is 1. The molecule has 2 aliphatic heterocycles. The highest BCUT2D eigenvalue weighted by Crippen LogP contribution is 2.43. The number of aromatic nitrogens is 1. The maximum Gasteiger partial charge on any atom is 0.353 e. The number of thiazole rings is 1. The molecule has 2 atom stereocenters. The van der Waals surface area contributed by atoms with Crippen molar-refractivity contribution >= 4 is 75.4 Å². The second kappa shape index (κ2) is 12.8. The summed E-state index contributed by atoms with van der Waals surface area (Å²) < 4.78 is 0. The lowest BCUT2D eigenvalue weighted by Gasteiger charge is -2.49. The molecule has 5 N–H and O–H groups in total. The van der Waals surface area contributed by atoms with Crippen LogP contribution in [0.25, 0.3) is 0 Å². The van der Waals surface area contributed by atoms with Crippen molar-refractivity contribution in [2.45, 2.75) is 25.3 Å². The minimum Gasteiger partial charge on any atom is -0.479 e. The van der Waals surface area contributed by atoms with Gasteiger partial charge in [-0.05, 0) is 19.3 Å². The fraction of sp³-hybridized carbons (Fsp3) is 0.381. The van der Waals surface area contributed by atoms with Crippen molar-refractivity contribution in [3.05, 3.63) is 33.2 Å². The Balaban J connectivity index is 1.75. The number of hydrogen-bond acceptors (Lipinski definition) is 12. The lowest BCUT2D eigenvalue weighted by Crippen LogP contribution is -2.71. The Morgan fingerprint density at radius 2 is 2.05 bits per heavy atom. The van der Waals surface area contributed by atoms with Crippen LogP contribution >= 0.6 is 34.9 Å². The van der Waals surface area contributed by atoms with Crippen LogP contribution in [0, 0.1) is 0 Å². The lowest BCUT2D eigenvalue weighted by molar-refractivity contribution is -0.150. The number of oxime groups is 1. The number of thioether (sulfide) groups is 2. The van der Waals surface area contributed by atoms with Crippen LogP contribution in [0.4, 0.5) is 5.13 Å². The molecule has 1 aromatic heterocycles. The van der Waals surface area contributed by atoms with E-state index in [0.29, 0.717) is 18.0 Å².